The van der Waals surface area contributed by atoms with Crippen LogP contribution in [0.15, 0.2) is 35.1 Å². The number of aromatic nitrogens is 1. The van der Waals surface area contributed by atoms with Crippen molar-refractivity contribution in [3.05, 3.63) is 57.4 Å². The summed E-state index contributed by atoms with van der Waals surface area (Å²) < 4.78 is 0. The van der Waals surface area contributed by atoms with Crippen LogP contribution in [0, 0.1) is 13.8 Å². The summed E-state index contributed by atoms with van der Waals surface area (Å²) in [5.74, 6) is -0.776. The number of H-pyrrole nitrogens is 1. The number of aromatic amines is 1. The minimum absolute atomic E-state index is 0.111. The molecule has 2 aromatic rings. The third-order valence-electron chi connectivity index (χ3n) is 2.86. The number of hydrogen-bond donors (Lipinski definition) is 3. The average Bonchev–Trinajstić information content (AvgIpc) is 2.32. The van der Waals surface area contributed by atoms with Crippen LogP contribution < -0.4 is 10.9 Å². The Labute approximate surface area is 109 Å². The van der Waals surface area contributed by atoms with Crippen molar-refractivity contribution < 1.29 is 9.90 Å². The molecule has 0 radical (unpaired) electrons. The maximum Gasteiger partial charge on any atom is 0.256 e. The van der Waals surface area contributed by atoms with Crippen molar-refractivity contribution in [1.82, 2.24) is 4.98 Å². The molecule has 2 rings (SSSR count). The van der Waals surface area contributed by atoms with Gasteiger partial charge in [-0.2, -0.15) is 0 Å². The average molecular weight is 258 g/mol. The first-order chi connectivity index (χ1) is 8.95. The van der Waals surface area contributed by atoms with Crippen molar-refractivity contribution in [2.75, 3.05) is 5.32 Å². The Balaban J connectivity index is 2.25. The van der Waals surface area contributed by atoms with E-state index in [0.717, 1.165) is 17.2 Å². The Bertz CT molecular complexity index is 689. The predicted octanol–water partition coefficient (Wildman–Crippen LogP) is 1.95. The minimum atomic E-state index is -0.523. The highest BCUT2D eigenvalue weighted by molar-refractivity contribution is 6.04. The van der Waals surface area contributed by atoms with Gasteiger partial charge in [-0.1, -0.05) is 6.07 Å². The molecule has 5 heteroatoms. The van der Waals surface area contributed by atoms with Gasteiger partial charge in [0.2, 0.25) is 0 Å². The quantitative estimate of drug-likeness (QED) is 0.770. The molecule has 1 heterocycles. The molecular weight excluding hydrogens is 244 g/mol. The van der Waals surface area contributed by atoms with Gasteiger partial charge in [-0.3, -0.25) is 14.6 Å². The number of aryl methyl sites for hydroxylation is 2. The summed E-state index contributed by atoms with van der Waals surface area (Å²) in [6, 6.07) is 7.88. The smallest absolute Gasteiger partial charge is 0.256 e. The first kappa shape index (κ1) is 12.9. The summed E-state index contributed by atoms with van der Waals surface area (Å²) in [6.07, 6.45) is 0. The minimum Gasteiger partial charge on any atom is -0.494 e. The number of carbonyl (C=O) groups excluding carboxylic acids is 1. The molecule has 19 heavy (non-hydrogen) atoms. The third-order valence-corrected chi connectivity index (χ3v) is 2.86. The lowest BCUT2D eigenvalue weighted by atomic mass is 10.1. The van der Waals surface area contributed by atoms with E-state index in [2.05, 4.69) is 10.3 Å². The van der Waals surface area contributed by atoms with E-state index in [4.69, 9.17) is 0 Å². The SMILES string of the molecule is Cc1ccc(NC(=O)c2cc(O)[nH]c(=O)c2)cc1C. The van der Waals surface area contributed by atoms with Crippen LogP contribution in [0.25, 0.3) is 0 Å². The molecule has 0 spiro atoms. The molecule has 0 bridgehead atoms. The van der Waals surface area contributed by atoms with Crippen molar-refractivity contribution in [2.45, 2.75) is 13.8 Å². The van der Waals surface area contributed by atoms with Gasteiger partial charge in [0.05, 0.1) is 5.56 Å². The van der Waals surface area contributed by atoms with Gasteiger partial charge in [0.25, 0.3) is 11.5 Å². The third kappa shape index (κ3) is 3.01. The number of carbonyl (C=O) groups is 1. The summed E-state index contributed by atoms with van der Waals surface area (Å²) in [5.41, 5.74) is 2.43. The van der Waals surface area contributed by atoms with Crippen molar-refractivity contribution >= 4 is 11.6 Å². The summed E-state index contributed by atoms with van der Waals surface area (Å²) in [6.45, 7) is 3.93. The van der Waals surface area contributed by atoms with Gasteiger partial charge in [-0.05, 0) is 37.1 Å². The number of nitrogens with one attached hydrogen (secondary N) is 2. The van der Waals surface area contributed by atoms with Gasteiger partial charge in [-0.25, -0.2) is 0 Å². The van der Waals surface area contributed by atoms with E-state index < -0.39 is 11.5 Å². The number of aromatic hydroxyl groups is 1. The fraction of sp³-hybridized carbons (Fsp3) is 0.143. The van der Waals surface area contributed by atoms with Gasteiger partial charge in [0.1, 0.15) is 0 Å². The van der Waals surface area contributed by atoms with Gasteiger partial charge >= 0.3 is 0 Å². The second-order valence-corrected chi connectivity index (χ2v) is 4.37. The molecule has 0 atom stereocenters. The number of rotatable bonds is 2. The van der Waals surface area contributed by atoms with Crippen LogP contribution in [0.3, 0.4) is 0 Å². The van der Waals surface area contributed by atoms with Crippen LogP contribution >= 0.6 is 0 Å². The summed E-state index contributed by atoms with van der Waals surface area (Å²) in [5, 5.41) is 11.9. The zero-order valence-corrected chi connectivity index (χ0v) is 10.7. The van der Waals surface area contributed by atoms with E-state index in [9.17, 15) is 14.7 Å². The standard InChI is InChI=1S/C14H14N2O3/c1-8-3-4-11(5-9(8)2)15-14(19)10-6-12(17)16-13(18)7-10/h3-7H,1-2H3,(H,15,19)(H2,16,17,18). The second kappa shape index (κ2) is 4.97. The lowest BCUT2D eigenvalue weighted by Crippen LogP contribution is -2.15. The lowest BCUT2D eigenvalue weighted by molar-refractivity contribution is 0.102. The maximum absolute atomic E-state index is 11.9. The molecule has 0 fully saturated rings. The normalized spacial score (nSPS) is 10.2. The zero-order chi connectivity index (χ0) is 14.0. The first-order valence-electron chi connectivity index (χ1n) is 5.77. The second-order valence-electron chi connectivity index (χ2n) is 4.37. The molecule has 5 nitrogen and oxygen atoms in total. The van der Waals surface area contributed by atoms with E-state index in [0.29, 0.717) is 5.69 Å². The van der Waals surface area contributed by atoms with Gasteiger partial charge in [0.15, 0.2) is 5.88 Å². The molecule has 98 valence electrons. The van der Waals surface area contributed by atoms with E-state index in [-0.39, 0.29) is 11.4 Å². The van der Waals surface area contributed by atoms with E-state index in [1.165, 1.54) is 6.07 Å². The number of amides is 1. The molecule has 1 aromatic heterocycles. The molecule has 0 aliphatic carbocycles. The van der Waals surface area contributed by atoms with Crippen molar-refractivity contribution in [1.29, 1.82) is 0 Å². The van der Waals surface area contributed by atoms with Crippen molar-refractivity contribution in [3.63, 3.8) is 0 Å². The van der Waals surface area contributed by atoms with E-state index in [1.807, 2.05) is 26.0 Å². The Morgan fingerprint density at radius 2 is 1.89 bits per heavy atom. The highest BCUT2D eigenvalue weighted by Gasteiger charge is 2.09. The molecule has 1 aromatic carbocycles. The molecule has 1 amide bonds. The van der Waals surface area contributed by atoms with Crippen molar-refractivity contribution in [2.24, 2.45) is 0 Å². The topological polar surface area (TPSA) is 82.2 Å². The predicted molar refractivity (Wildman–Crippen MR) is 72.6 cm³/mol. The molecule has 0 saturated heterocycles. The van der Waals surface area contributed by atoms with E-state index >= 15 is 0 Å². The van der Waals surface area contributed by atoms with Crippen LogP contribution in [0.5, 0.6) is 5.88 Å². The summed E-state index contributed by atoms with van der Waals surface area (Å²) >= 11 is 0. The van der Waals surface area contributed by atoms with Crippen LogP contribution in [0.2, 0.25) is 0 Å². The molecule has 0 aliphatic rings. The van der Waals surface area contributed by atoms with Crippen molar-refractivity contribution in [3.8, 4) is 5.88 Å². The lowest BCUT2D eigenvalue weighted by Gasteiger charge is -2.07. The molecule has 0 aliphatic heterocycles. The Morgan fingerprint density at radius 1 is 1.16 bits per heavy atom. The number of benzene rings is 1. The van der Waals surface area contributed by atoms with Crippen LogP contribution in [-0.2, 0) is 0 Å². The van der Waals surface area contributed by atoms with E-state index in [1.54, 1.807) is 6.07 Å². The fourth-order valence-corrected chi connectivity index (χ4v) is 1.68. The molecule has 0 saturated carbocycles. The van der Waals surface area contributed by atoms with Gasteiger partial charge in [-0.15, -0.1) is 0 Å². The summed E-state index contributed by atoms with van der Waals surface area (Å²) in [7, 11) is 0. The van der Waals surface area contributed by atoms with Gasteiger partial charge < -0.3 is 10.4 Å². The molecule has 0 unspecified atom stereocenters. The van der Waals surface area contributed by atoms with Gasteiger partial charge in [0, 0.05) is 17.8 Å². The number of anilines is 1. The summed E-state index contributed by atoms with van der Waals surface area (Å²) in [4.78, 5) is 25.3. The number of hydrogen-bond acceptors (Lipinski definition) is 3. The molecule has 3 N–H and O–H groups in total. The highest BCUT2D eigenvalue weighted by atomic mass is 16.3. The molecular formula is C14H14N2O3. The monoisotopic (exact) mass is 258 g/mol. The maximum atomic E-state index is 11.9. The largest absolute Gasteiger partial charge is 0.494 e. The Morgan fingerprint density at radius 3 is 2.53 bits per heavy atom. The Hall–Kier alpha value is -2.56. The van der Waals surface area contributed by atoms with Crippen LogP contribution in [-0.4, -0.2) is 16.0 Å². The Kier molecular flexibility index (Phi) is 3.37. The first-order valence-corrected chi connectivity index (χ1v) is 5.77. The zero-order valence-electron chi connectivity index (χ0n) is 10.7. The number of pyridine rings is 1. The van der Waals surface area contributed by atoms with Crippen LogP contribution in [0.4, 0.5) is 5.69 Å². The highest BCUT2D eigenvalue weighted by Crippen LogP contribution is 2.15. The fourth-order valence-electron chi connectivity index (χ4n) is 1.68. The van der Waals surface area contributed by atoms with Crippen LogP contribution in [0.1, 0.15) is 21.5 Å².